The van der Waals surface area contributed by atoms with Crippen LogP contribution in [0.5, 0.6) is 0 Å². The van der Waals surface area contributed by atoms with Crippen LogP contribution >= 0.6 is 35.0 Å². The minimum absolute atomic E-state index is 0.0128. The van der Waals surface area contributed by atoms with Gasteiger partial charge in [-0.25, -0.2) is 8.42 Å². The fourth-order valence-corrected chi connectivity index (χ4v) is 7.81. The van der Waals surface area contributed by atoms with Crippen LogP contribution in [0.3, 0.4) is 0 Å². The van der Waals surface area contributed by atoms with Crippen molar-refractivity contribution in [3.8, 4) is 6.07 Å². The number of hydrogen-bond acceptors (Lipinski definition) is 7. The van der Waals surface area contributed by atoms with Crippen LogP contribution in [0.2, 0.25) is 10.0 Å². The average molecular weight is 579 g/mol. The van der Waals surface area contributed by atoms with Crippen molar-refractivity contribution in [3.05, 3.63) is 52.0 Å². The molecule has 35 heavy (non-hydrogen) atoms. The molecule has 0 aromatic heterocycles. The number of hydrogen-bond donors (Lipinski definition) is 1. The van der Waals surface area contributed by atoms with Crippen molar-refractivity contribution in [2.45, 2.75) is 46.2 Å². The number of nitrogens with zero attached hydrogens (tertiary/aromatic N) is 3. The SMILES string of the molecule is CC(C)N1CCN(S(=O)(=O)c2cc(CC(C#N)S(=O)(=O)O)ccc2Sc2cc(Cl)cc(Cl)c2)CC1. The summed E-state index contributed by atoms with van der Waals surface area (Å²) in [5.41, 5.74) is 0.294. The lowest BCUT2D eigenvalue weighted by molar-refractivity contribution is 0.154. The van der Waals surface area contributed by atoms with Crippen molar-refractivity contribution in [1.29, 1.82) is 5.26 Å². The Bertz CT molecular complexity index is 1320. The van der Waals surface area contributed by atoms with Gasteiger partial charge in [0.25, 0.3) is 10.1 Å². The van der Waals surface area contributed by atoms with Gasteiger partial charge < -0.3 is 0 Å². The maximum absolute atomic E-state index is 13.7. The molecule has 1 atom stereocenters. The first-order valence-electron chi connectivity index (χ1n) is 10.7. The lowest BCUT2D eigenvalue weighted by Gasteiger charge is -2.36. The fraction of sp³-hybridized carbons (Fsp3) is 0.409. The standard InChI is InChI=1S/C22H25Cl2N3O5S3/c1-15(2)26-5-7-27(8-6-26)34(28,29)22-10-16(9-20(14-25)35(30,31)32)3-4-21(22)33-19-12-17(23)11-18(24)13-19/h3-4,10-13,15,20H,5-9H2,1-2H3,(H,30,31,32). The molecule has 1 unspecified atom stereocenters. The second-order valence-corrected chi connectivity index (χ2v) is 13.9. The summed E-state index contributed by atoms with van der Waals surface area (Å²) in [5.74, 6) is 0. The van der Waals surface area contributed by atoms with E-state index in [9.17, 15) is 26.7 Å². The Labute approximate surface area is 220 Å². The van der Waals surface area contributed by atoms with Crippen LogP contribution in [0, 0.1) is 11.3 Å². The highest BCUT2D eigenvalue weighted by atomic mass is 35.5. The van der Waals surface area contributed by atoms with Crippen molar-refractivity contribution in [2.24, 2.45) is 0 Å². The molecular formula is C22H25Cl2N3O5S3. The fourth-order valence-electron chi connectivity index (χ4n) is 3.71. The highest BCUT2D eigenvalue weighted by Gasteiger charge is 2.32. The molecule has 1 saturated heterocycles. The minimum atomic E-state index is -4.63. The van der Waals surface area contributed by atoms with E-state index in [-0.39, 0.29) is 11.3 Å². The van der Waals surface area contributed by atoms with E-state index in [2.05, 4.69) is 18.7 Å². The molecule has 2 aromatic rings. The van der Waals surface area contributed by atoms with Gasteiger partial charge in [-0.2, -0.15) is 18.0 Å². The monoisotopic (exact) mass is 577 g/mol. The third kappa shape index (κ3) is 7.11. The maximum Gasteiger partial charge on any atom is 0.281 e. The molecule has 0 aliphatic carbocycles. The predicted molar refractivity (Wildman–Crippen MR) is 137 cm³/mol. The molecule has 1 fully saturated rings. The molecule has 13 heteroatoms. The van der Waals surface area contributed by atoms with Gasteiger partial charge in [0, 0.05) is 58.5 Å². The molecule has 0 saturated carbocycles. The quantitative estimate of drug-likeness (QED) is 0.464. The van der Waals surface area contributed by atoms with Crippen LogP contribution in [0.1, 0.15) is 19.4 Å². The van der Waals surface area contributed by atoms with Crippen molar-refractivity contribution >= 4 is 55.1 Å². The zero-order chi connectivity index (χ0) is 26.0. The zero-order valence-corrected chi connectivity index (χ0v) is 23.0. The Kier molecular flexibility index (Phi) is 9.16. The van der Waals surface area contributed by atoms with E-state index < -0.39 is 25.4 Å². The number of sulfonamides is 1. The van der Waals surface area contributed by atoms with Crippen molar-refractivity contribution < 1.29 is 21.4 Å². The summed E-state index contributed by atoms with van der Waals surface area (Å²) in [6.07, 6.45) is -0.354. The van der Waals surface area contributed by atoms with Gasteiger partial charge in [-0.3, -0.25) is 9.45 Å². The first-order valence-corrected chi connectivity index (χ1v) is 15.2. The molecular weight excluding hydrogens is 553 g/mol. The van der Waals surface area contributed by atoms with Crippen LogP contribution in [0.25, 0.3) is 0 Å². The number of benzene rings is 2. The van der Waals surface area contributed by atoms with Crippen LogP contribution in [-0.2, 0) is 26.6 Å². The summed E-state index contributed by atoms with van der Waals surface area (Å²) >= 11 is 13.4. The first kappa shape index (κ1) is 28.2. The van der Waals surface area contributed by atoms with Gasteiger partial charge in [0.2, 0.25) is 10.0 Å². The van der Waals surface area contributed by atoms with Gasteiger partial charge in [0.15, 0.2) is 5.25 Å². The predicted octanol–water partition coefficient (Wildman–Crippen LogP) is 4.18. The average Bonchev–Trinajstić information content (AvgIpc) is 2.76. The first-order chi connectivity index (χ1) is 16.3. The summed E-state index contributed by atoms with van der Waals surface area (Å²) in [7, 11) is -8.58. The van der Waals surface area contributed by atoms with E-state index in [0.717, 1.165) is 11.8 Å². The van der Waals surface area contributed by atoms with Gasteiger partial charge >= 0.3 is 0 Å². The van der Waals surface area contributed by atoms with Crippen molar-refractivity contribution in [3.63, 3.8) is 0 Å². The largest absolute Gasteiger partial charge is 0.298 e. The Morgan fingerprint density at radius 1 is 1.03 bits per heavy atom. The van der Waals surface area contributed by atoms with E-state index in [1.807, 2.05) is 0 Å². The van der Waals surface area contributed by atoms with E-state index in [0.29, 0.717) is 57.6 Å². The molecule has 190 valence electrons. The summed E-state index contributed by atoms with van der Waals surface area (Å²) < 4.78 is 61.2. The molecule has 8 nitrogen and oxygen atoms in total. The highest BCUT2D eigenvalue weighted by molar-refractivity contribution is 8.00. The molecule has 1 aliphatic rings. The third-order valence-corrected chi connectivity index (χ3v) is 10.2. The minimum Gasteiger partial charge on any atom is -0.298 e. The summed E-state index contributed by atoms with van der Waals surface area (Å²) in [6, 6.07) is 11.2. The van der Waals surface area contributed by atoms with Gasteiger partial charge in [-0.05, 0) is 49.7 Å². The normalized spacial score (nSPS) is 16.8. The molecule has 0 radical (unpaired) electrons. The number of piperazine rings is 1. The van der Waals surface area contributed by atoms with Gasteiger partial charge in [0.1, 0.15) is 0 Å². The van der Waals surface area contributed by atoms with E-state index in [1.54, 1.807) is 36.4 Å². The molecule has 0 amide bonds. The van der Waals surface area contributed by atoms with E-state index in [1.165, 1.54) is 10.4 Å². The topological polar surface area (TPSA) is 119 Å². The van der Waals surface area contributed by atoms with Gasteiger partial charge in [0.05, 0.1) is 11.0 Å². The van der Waals surface area contributed by atoms with Crippen LogP contribution in [-0.4, -0.2) is 68.1 Å². The second-order valence-electron chi connectivity index (χ2n) is 8.36. The Balaban J connectivity index is 2.03. The molecule has 2 aromatic carbocycles. The Morgan fingerprint density at radius 3 is 2.14 bits per heavy atom. The molecule has 1 heterocycles. The lowest BCUT2D eigenvalue weighted by atomic mass is 10.1. The Morgan fingerprint density at radius 2 is 1.63 bits per heavy atom. The molecule has 1 N–H and O–H groups in total. The van der Waals surface area contributed by atoms with Crippen LogP contribution in [0.4, 0.5) is 0 Å². The van der Waals surface area contributed by atoms with Crippen molar-refractivity contribution in [2.75, 3.05) is 26.2 Å². The molecule has 0 bridgehead atoms. The van der Waals surface area contributed by atoms with Crippen LogP contribution in [0.15, 0.2) is 51.1 Å². The summed E-state index contributed by atoms with van der Waals surface area (Å²) in [4.78, 5) is 3.21. The zero-order valence-electron chi connectivity index (χ0n) is 19.1. The molecule has 0 spiro atoms. The van der Waals surface area contributed by atoms with Crippen molar-refractivity contribution in [1.82, 2.24) is 9.21 Å². The Hall–Kier alpha value is -1.36. The molecule has 1 aliphatic heterocycles. The van der Waals surface area contributed by atoms with Gasteiger partial charge in [-0.1, -0.05) is 41.0 Å². The highest BCUT2D eigenvalue weighted by Crippen LogP contribution is 2.37. The second kappa shape index (κ2) is 11.4. The number of nitriles is 1. The van der Waals surface area contributed by atoms with Crippen LogP contribution < -0.4 is 0 Å². The van der Waals surface area contributed by atoms with Gasteiger partial charge in [-0.15, -0.1) is 0 Å². The van der Waals surface area contributed by atoms with E-state index in [4.69, 9.17) is 23.2 Å². The summed E-state index contributed by atoms with van der Waals surface area (Å²) in [6.45, 7) is 5.90. The number of halogens is 2. The lowest BCUT2D eigenvalue weighted by Crippen LogP contribution is -2.50. The molecule has 3 rings (SSSR count). The third-order valence-electron chi connectivity index (χ3n) is 5.62. The maximum atomic E-state index is 13.7. The smallest absolute Gasteiger partial charge is 0.281 e. The van der Waals surface area contributed by atoms with E-state index >= 15 is 0 Å². The summed E-state index contributed by atoms with van der Waals surface area (Å²) in [5, 5.41) is 8.27. The number of rotatable bonds is 8.